The molecule has 24 nitrogen and oxygen atoms in total. The highest BCUT2D eigenvalue weighted by Gasteiger charge is 2.57. The zero-order valence-electron chi connectivity index (χ0n) is 48.1. The van der Waals surface area contributed by atoms with Gasteiger partial charge in [-0.2, -0.15) is 0 Å². The van der Waals surface area contributed by atoms with E-state index in [0.717, 1.165) is 11.1 Å². The molecule has 0 unspecified atom stereocenters. The van der Waals surface area contributed by atoms with Crippen molar-refractivity contribution in [3.8, 4) is 0 Å². The minimum Gasteiger partial charge on any atom is -0.445 e. The van der Waals surface area contributed by atoms with Crippen LogP contribution in [0.2, 0.25) is 0 Å². The monoisotopic (exact) mass is 1160 g/mol. The number of hydrogen-bond acceptors (Lipinski definition) is 16. The number of fused-ring (bicyclic) bond motifs is 2. The highest BCUT2D eigenvalue weighted by atomic mass is 16.6. The van der Waals surface area contributed by atoms with E-state index in [1.165, 1.54) is 19.6 Å². The number of likely N-dealkylation sites (N-methyl/N-ethyl adjacent to an activating group) is 2. The Morgan fingerprint density at radius 1 is 0.488 bits per heavy atom. The fourth-order valence-corrected chi connectivity index (χ4v) is 11.0. The molecule has 8 rings (SSSR count). The second kappa shape index (κ2) is 29.3. The van der Waals surface area contributed by atoms with Gasteiger partial charge >= 0.3 is 24.4 Å². The highest BCUT2D eigenvalue weighted by Crippen LogP contribution is 2.37. The molecule has 4 saturated heterocycles. The Labute approximate surface area is 488 Å². The summed E-state index contributed by atoms with van der Waals surface area (Å²) < 4.78 is 36.0. The van der Waals surface area contributed by atoms with Gasteiger partial charge in [-0.3, -0.25) is 39.6 Å². The zero-order chi connectivity index (χ0) is 59.9. The van der Waals surface area contributed by atoms with Gasteiger partial charge in [0.15, 0.2) is 0 Å². The number of carbonyl (C=O) groups is 8. The van der Waals surface area contributed by atoms with Gasteiger partial charge in [0.05, 0.1) is 74.8 Å². The number of nitrogens with one attached hydrogen (secondary N) is 6. The fourth-order valence-electron chi connectivity index (χ4n) is 11.0. The van der Waals surface area contributed by atoms with Crippen LogP contribution >= 0.6 is 0 Å². The number of likely N-dealkylation sites (tertiary alicyclic amines) is 4. The van der Waals surface area contributed by atoms with Crippen LogP contribution in [0.1, 0.15) is 51.7 Å². The van der Waals surface area contributed by atoms with Gasteiger partial charge in [0, 0.05) is 24.5 Å². The molecule has 8 amide bonds. The molecule has 0 radical (unpaired) electrons. The van der Waals surface area contributed by atoms with Crippen LogP contribution < -0.4 is 31.9 Å². The van der Waals surface area contributed by atoms with Crippen molar-refractivity contribution >= 4 is 59.4 Å². The van der Waals surface area contributed by atoms with E-state index in [1.54, 1.807) is 102 Å². The van der Waals surface area contributed by atoms with Crippen molar-refractivity contribution < 1.29 is 66.8 Å². The third kappa shape index (κ3) is 15.5. The Morgan fingerprint density at radius 3 is 1.18 bits per heavy atom. The molecule has 24 heteroatoms. The van der Waals surface area contributed by atoms with Crippen LogP contribution in [-0.4, -0.2) is 194 Å². The van der Waals surface area contributed by atoms with Crippen molar-refractivity contribution in [3.63, 3.8) is 0 Å². The van der Waals surface area contributed by atoms with Gasteiger partial charge in [-0.05, 0) is 90.0 Å². The van der Waals surface area contributed by atoms with Crippen LogP contribution in [0, 0.1) is 0 Å². The number of benzene rings is 4. The number of para-hydroxylation sites is 2. The average molecular weight is 1160 g/mol. The molecule has 4 fully saturated rings. The van der Waals surface area contributed by atoms with Gasteiger partial charge in [0.2, 0.25) is 23.6 Å². The predicted molar refractivity (Wildman–Crippen MR) is 307 cm³/mol. The number of rotatable bonds is 23. The Hall–Kier alpha value is -8.32. The standard InChI is InChI=1S/C60H76N10O14/c1-37(61-5)53(71)65-49(55(73)67-29-27-45-51(67)47(83-57(75)63-43-23-15-9-16-24-43)33-69(45)59(77)81-35-41-19-11-7-12-20-41)39(3)79-31-32-80-40(4)50(66-54(72)38(2)62-6)56(74)68-30-28-46-52(68)48(84-58(76)64-44-25-17-10-18-26-44)34-70(46)60(78)82-36-42-21-13-8-14-22-42/h7-26,37-40,45-52,61-62H,27-36H2,1-6H3,(H,63,75)(H,64,76)(H,65,71)(H,66,72)/t37-,38-,39+,40+,45+,46+,47-,48-,49-,50-,51-,52-/m0/s1. The molecule has 6 N–H and O–H groups in total. The molecule has 0 spiro atoms. The van der Waals surface area contributed by atoms with Gasteiger partial charge in [0.1, 0.15) is 37.5 Å². The Bertz CT molecular complexity index is 2690. The minimum atomic E-state index is -1.30. The molecule has 84 heavy (non-hydrogen) atoms. The van der Waals surface area contributed by atoms with Crippen molar-refractivity contribution in [1.29, 1.82) is 0 Å². The molecule has 4 aromatic rings. The first-order valence-electron chi connectivity index (χ1n) is 28.3. The lowest BCUT2D eigenvalue weighted by Crippen LogP contribution is -2.60. The smallest absolute Gasteiger partial charge is 0.412 e. The van der Waals surface area contributed by atoms with Crippen molar-refractivity contribution in [3.05, 3.63) is 132 Å². The Kier molecular flexibility index (Phi) is 21.5. The molecule has 4 aromatic carbocycles. The molecule has 4 aliphatic rings. The third-order valence-corrected chi connectivity index (χ3v) is 15.7. The van der Waals surface area contributed by atoms with E-state index in [9.17, 15) is 28.8 Å². The summed E-state index contributed by atoms with van der Waals surface area (Å²) in [5, 5.41) is 16.9. The summed E-state index contributed by atoms with van der Waals surface area (Å²) in [6.07, 6.45) is -6.28. The van der Waals surface area contributed by atoms with Crippen LogP contribution in [0.4, 0.5) is 30.6 Å². The lowest BCUT2D eigenvalue weighted by molar-refractivity contribution is -0.145. The molecule has 450 valence electrons. The molecule has 0 aromatic heterocycles. The van der Waals surface area contributed by atoms with Gasteiger partial charge in [0.25, 0.3) is 0 Å². The molecular weight excluding hydrogens is 1080 g/mol. The largest absolute Gasteiger partial charge is 0.445 e. The van der Waals surface area contributed by atoms with Gasteiger partial charge in [-0.25, -0.2) is 19.2 Å². The first kappa shape index (κ1) is 61.7. The van der Waals surface area contributed by atoms with E-state index < -0.39 is 121 Å². The minimum absolute atomic E-state index is 0.00669. The van der Waals surface area contributed by atoms with E-state index in [4.69, 9.17) is 28.4 Å². The Morgan fingerprint density at radius 2 is 0.833 bits per heavy atom. The van der Waals surface area contributed by atoms with Crippen LogP contribution in [0.5, 0.6) is 0 Å². The van der Waals surface area contributed by atoms with Crippen LogP contribution in [0.25, 0.3) is 0 Å². The van der Waals surface area contributed by atoms with E-state index in [1.807, 2.05) is 60.7 Å². The molecule has 0 bridgehead atoms. The van der Waals surface area contributed by atoms with E-state index in [0.29, 0.717) is 24.2 Å². The van der Waals surface area contributed by atoms with E-state index in [-0.39, 0.29) is 52.6 Å². The normalized spacial score (nSPS) is 21.8. The van der Waals surface area contributed by atoms with Crippen LogP contribution in [0.3, 0.4) is 0 Å². The summed E-state index contributed by atoms with van der Waals surface area (Å²) >= 11 is 0. The summed E-state index contributed by atoms with van der Waals surface area (Å²) in [6.45, 7) is 6.26. The first-order chi connectivity index (χ1) is 40.5. The van der Waals surface area contributed by atoms with Crippen molar-refractivity contribution in [2.75, 3.05) is 64.1 Å². The average Bonchev–Trinajstić information content (AvgIpc) is 2.64. The number of carbonyl (C=O) groups excluding carboxylic acids is 8. The number of hydrogen-bond donors (Lipinski definition) is 6. The van der Waals surface area contributed by atoms with Crippen LogP contribution in [-0.2, 0) is 60.8 Å². The van der Waals surface area contributed by atoms with Gasteiger partial charge in [-0.15, -0.1) is 0 Å². The highest BCUT2D eigenvalue weighted by molar-refractivity contribution is 5.92. The molecule has 0 saturated carbocycles. The van der Waals surface area contributed by atoms with Crippen molar-refractivity contribution in [1.82, 2.24) is 40.9 Å². The molecule has 4 aliphatic heterocycles. The summed E-state index contributed by atoms with van der Waals surface area (Å²) in [5.74, 6) is -2.11. The lowest BCUT2D eigenvalue weighted by atomic mass is 10.1. The summed E-state index contributed by atoms with van der Waals surface area (Å²) in [6, 6.07) is 28.7. The maximum atomic E-state index is 15.0. The molecule has 0 aliphatic carbocycles. The maximum absolute atomic E-state index is 15.0. The number of ether oxygens (including phenoxy) is 6. The molecule has 4 heterocycles. The van der Waals surface area contributed by atoms with Crippen molar-refractivity contribution in [2.24, 2.45) is 0 Å². The molecule has 12 atom stereocenters. The Balaban J connectivity index is 0.960. The number of nitrogens with zero attached hydrogens (tertiary/aromatic N) is 4. The first-order valence-corrected chi connectivity index (χ1v) is 28.3. The second-order valence-electron chi connectivity index (χ2n) is 21.2. The lowest BCUT2D eigenvalue weighted by Gasteiger charge is -2.34. The maximum Gasteiger partial charge on any atom is 0.412 e. The number of amides is 8. The third-order valence-electron chi connectivity index (χ3n) is 15.7. The zero-order valence-corrected chi connectivity index (χ0v) is 48.1. The summed E-state index contributed by atoms with van der Waals surface area (Å²) in [7, 11) is 3.20. The van der Waals surface area contributed by atoms with E-state index in [2.05, 4.69) is 31.9 Å². The topological polar surface area (TPSA) is 277 Å². The quantitative estimate of drug-likeness (QED) is 0.0442. The predicted octanol–water partition coefficient (Wildman–Crippen LogP) is 4.46. The van der Waals surface area contributed by atoms with Crippen LogP contribution in [0.15, 0.2) is 121 Å². The summed E-state index contributed by atoms with van der Waals surface area (Å²) in [5.41, 5.74) is 2.49. The SMILES string of the molecule is CN[C@@H](C)C(=O)N[C@H](C(=O)N1CC[C@@H]2[C@H]1[C@@H](OC(=O)Nc1ccccc1)CN2C(=O)OCc1ccccc1)[C@@H](C)OCCO[C@H](C)[C@H](NC(=O)[C@H](C)NC)C(=O)N1CC[C@@H]2[C@H]1[C@@H](OC(=O)Nc1ccccc1)CN2C(=O)OCc1ccccc1. The number of anilines is 2. The van der Waals surface area contributed by atoms with E-state index >= 15 is 9.59 Å². The second-order valence-corrected chi connectivity index (χ2v) is 21.2. The molecular formula is C60H76N10O14. The van der Waals surface area contributed by atoms with Gasteiger partial charge < -0.3 is 59.5 Å². The van der Waals surface area contributed by atoms with Crippen molar-refractivity contribution in [2.45, 2.75) is 127 Å². The summed E-state index contributed by atoms with van der Waals surface area (Å²) in [4.78, 5) is 118. The van der Waals surface area contributed by atoms with Gasteiger partial charge in [-0.1, -0.05) is 97.1 Å². The fraction of sp³-hybridized carbons (Fsp3) is 0.467.